The number of hydrogen-bond acceptors (Lipinski definition) is 5. The summed E-state index contributed by atoms with van der Waals surface area (Å²) >= 11 is 4.38. The topological polar surface area (TPSA) is 120 Å². The number of H-pyrrole nitrogens is 1. The van der Waals surface area contributed by atoms with Gasteiger partial charge < -0.3 is 16.0 Å². The Morgan fingerprint density at radius 2 is 1.89 bits per heavy atom. The van der Waals surface area contributed by atoms with Gasteiger partial charge in [-0.2, -0.15) is 0 Å². The SMILES string of the molecule is N[C@@](S)(Cc1c[nH]c2ccccc12)C(=O)Nc1ccc(/C=C/C(=O)NO)cc1. The lowest BCUT2D eigenvalue weighted by molar-refractivity contribution is -0.124. The zero-order valence-corrected chi connectivity index (χ0v) is 15.7. The van der Waals surface area contributed by atoms with Gasteiger partial charge in [-0.25, -0.2) is 5.48 Å². The van der Waals surface area contributed by atoms with Crippen molar-refractivity contribution in [1.82, 2.24) is 10.5 Å². The van der Waals surface area contributed by atoms with Crippen LogP contribution >= 0.6 is 12.6 Å². The molecule has 144 valence electrons. The van der Waals surface area contributed by atoms with Gasteiger partial charge in [0.15, 0.2) is 0 Å². The number of hydrogen-bond donors (Lipinski definition) is 6. The fraction of sp³-hybridized carbons (Fsp3) is 0.100. The first-order chi connectivity index (χ1) is 13.4. The van der Waals surface area contributed by atoms with E-state index in [4.69, 9.17) is 10.9 Å². The van der Waals surface area contributed by atoms with Crippen LogP contribution < -0.4 is 16.5 Å². The normalized spacial score (nSPS) is 13.4. The number of para-hydroxylation sites is 1. The molecule has 1 aromatic heterocycles. The first kappa shape index (κ1) is 19.7. The highest BCUT2D eigenvalue weighted by Gasteiger charge is 2.31. The lowest BCUT2D eigenvalue weighted by Gasteiger charge is -2.22. The van der Waals surface area contributed by atoms with Crippen molar-refractivity contribution in [1.29, 1.82) is 0 Å². The molecule has 1 atom stereocenters. The number of rotatable bonds is 6. The Balaban J connectivity index is 1.67. The first-order valence-electron chi connectivity index (χ1n) is 8.49. The molecule has 0 saturated heterocycles. The summed E-state index contributed by atoms with van der Waals surface area (Å²) in [6, 6.07) is 14.6. The Morgan fingerprint density at radius 3 is 2.61 bits per heavy atom. The molecule has 0 aliphatic carbocycles. The van der Waals surface area contributed by atoms with E-state index < -0.39 is 16.7 Å². The molecule has 7 nitrogen and oxygen atoms in total. The molecule has 0 radical (unpaired) electrons. The average molecular weight is 396 g/mol. The number of aromatic amines is 1. The summed E-state index contributed by atoms with van der Waals surface area (Å²) in [6.45, 7) is 0. The number of carbonyl (C=O) groups is 2. The number of nitrogens with one attached hydrogen (secondary N) is 3. The van der Waals surface area contributed by atoms with E-state index in [1.165, 1.54) is 17.6 Å². The summed E-state index contributed by atoms with van der Waals surface area (Å²) in [6.07, 6.45) is 4.80. The largest absolute Gasteiger partial charge is 0.361 e. The first-order valence-corrected chi connectivity index (χ1v) is 8.94. The van der Waals surface area contributed by atoms with Crippen molar-refractivity contribution in [2.24, 2.45) is 5.73 Å². The Morgan fingerprint density at radius 1 is 1.18 bits per heavy atom. The third-order valence-electron chi connectivity index (χ3n) is 4.23. The van der Waals surface area contributed by atoms with Crippen molar-refractivity contribution < 1.29 is 14.8 Å². The number of thiol groups is 1. The Bertz CT molecular complexity index is 1030. The minimum atomic E-state index is -1.40. The number of carbonyl (C=O) groups excluding carboxylic acids is 2. The van der Waals surface area contributed by atoms with Crippen LogP contribution in [-0.4, -0.2) is 26.9 Å². The highest BCUT2D eigenvalue weighted by atomic mass is 32.1. The molecule has 8 heteroatoms. The van der Waals surface area contributed by atoms with Crippen molar-refractivity contribution >= 4 is 47.1 Å². The number of benzene rings is 2. The van der Waals surface area contributed by atoms with E-state index in [1.807, 2.05) is 30.5 Å². The molecule has 3 rings (SSSR count). The van der Waals surface area contributed by atoms with Crippen molar-refractivity contribution in [3.05, 3.63) is 71.9 Å². The molecule has 28 heavy (non-hydrogen) atoms. The van der Waals surface area contributed by atoms with Crippen molar-refractivity contribution in [3.63, 3.8) is 0 Å². The van der Waals surface area contributed by atoms with Crippen LogP contribution in [-0.2, 0) is 16.0 Å². The molecule has 0 fully saturated rings. The van der Waals surface area contributed by atoms with Gasteiger partial charge in [-0.1, -0.05) is 30.3 Å². The number of anilines is 1. The maximum absolute atomic E-state index is 12.6. The van der Waals surface area contributed by atoms with E-state index in [0.29, 0.717) is 5.69 Å². The summed E-state index contributed by atoms with van der Waals surface area (Å²) < 4.78 is 0. The number of aromatic nitrogens is 1. The minimum Gasteiger partial charge on any atom is -0.361 e. The van der Waals surface area contributed by atoms with Crippen LogP contribution in [0.25, 0.3) is 17.0 Å². The highest BCUT2D eigenvalue weighted by Crippen LogP contribution is 2.24. The van der Waals surface area contributed by atoms with Crippen molar-refractivity contribution in [2.75, 3.05) is 5.32 Å². The molecule has 3 aromatic rings. The zero-order chi connectivity index (χ0) is 20.1. The van der Waals surface area contributed by atoms with Crippen LogP contribution in [0.15, 0.2) is 60.8 Å². The molecule has 6 N–H and O–H groups in total. The van der Waals surface area contributed by atoms with Crippen molar-refractivity contribution in [2.45, 2.75) is 11.3 Å². The number of hydroxylamine groups is 1. The second-order valence-electron chi connectivity index (χ2n) is 6.35. The van der Waals surface area contributed by atoms with Gasteiger partial charge in [0.05, 0.1) is 0 Å². The summed E-state index contributed by atoms with van der Waals surface area (Å²) in [5.41, 5.74) is 10.8. The van der Waals surface area contributed by atoms with Crippen LogP contribution in [0.5, 0.6) is 0 Å². The smallest absolute Gasteiger partial charge is 0.267 e. The fourth-order valence-corrected chi connectivity index (χ4v) is 3.00. The van der Waals surface area contributed by atoms with Gasteiger partial charge >= 0.3 is 0 Å². The molecule has 0 spiro atoms. The summed E-state index contributed by atoms with van der Waals surface area (Å²) in [5, 5.41) is 12.2. The van der Waals surface area contributed by atoms with Gasteiger partial charge in [0, 0.05) is 35.3 Å². The van der Waals surface area contributed by atoms with E-state index in [9.17, 15) is 9.59 Å². The van der Waals surface area contributed by atoms with Crippen LogP contribution in [0.4, 0.5) is 5.69 Å². The summed E-state index contributed by atoms with van der Waals surface area (Å²) in [5.74, 6) is -1.05. The van der Waals surface area contributed by atoms with Crippen molar-refractivity contribution in [3.8, 4) is 0 Å². The third-order valence-corrected chi connectivity index (χ3v) is 4.60. The van der Waals surface area contributed by atoms with E-state index in [1.54, 1.807) is 24.3 Å². The lowest BCUT2D eigenvalue weighted by Crippen LogP contribution is -2.48. The number of fused-ring (bicyclic) bond motifs is 1. The van der Waals surface area contributed by atoms with E-state index >= 15 is 0 Å². The molecule has 1 heterocycles. The predicted molar refractivity (Wildman–Crippen MR) is 112 cm³/mol. The third kappa shape index (κ3) is 4.61. The van der Waals surface area contributed by atoms with Gasteiger partial charge in [-0.3, -0.25) is 14.8 Å². The Labute approximate surface area is 167 Å². The zero-order valence-electron chi connectivity index (χ0n) is 14.8. The van der Waals surface area contributed by atoms with E-state index in [-0.39, 0.29) is 6.42 Å². The maximum Gasteiger partial charge on any atom is 0.267 e. The second-order valence-corrected chi connectivity index (χ2v) is 7.14. The van der Waals surface area contributed by atoms with Crippen LogP contribution in [0.3, 0.4) is 0 Å². The quantitative estimate of drug-likeness (QED) is 0.126. The Hall–Kier alpha value is -3.07. The van der Waals surface area contributed by atoms with Crippen LogP contribution in [0.2, 0.25) is 0 Å². The molecule has 0 aliphatic heterocycles. The van der Waals surface area contributed by atoms with E-state index in [0.717, 1.165) is 22.0 Å². The molecular formula is C20H20N4O3S. The van der Waals surface area contributed by atoms with Crippen LogP contribution in [0, 0.1) is 0 Å². The van der Waals surface area contributed by atoms with Gasteiger partial charge in [-0.05, 0) is 35.4 Å². The summed E-state index contributed by atoms with van der Waals surface area (Å²) in [4.78, 5) is 25.4. The molecule has 0 aliphatic rings. The predicted octanol–water partition coefficient (Wildman–Crippen LogP) is 2.45. The molecule has 0 bridgehead atoms. The summed E-state index contributed by atoms with van der Waals surface area (Å²) in [7, 11) is 0. The highest BCUT2D eigenvalue weighted by molar-refractivity contribution is 7.82. The van der Waals surface area contributed by atoms with Gasteiger partial charge in [0.1, 0.15) is 4.87 Å². The number of amides is 2. The standard InChI is InChI=1S/C20H20N4O3S/c21-20(28,11-14-12-22-17-4-2-1-3-16(14)17)19(26)23-15-8-5-13(6-9-15)7-10-18(25)24-27/h1-10,12,22,27-28H,11,21H2,(H,23,26)(H,24,25)/b10-7+/t20-/m1/s1. The van der Waals surface area contributed by atoms with Gasteiger partial charge in [-0.15, -0.1) is 12.6 Å². The lowest BCUT2D eigenvalue weighted by atomic mass is 10.0. The second kappa shape index (κ2) is 8.30. The molecular weight excluding hydrogens is 376 g/mol. The number of nitrogens with two attached hydrogens (primary N) is 1. The van der Waals surface area contributed by atoms with Gasteiger partial charge in [0.2, 0.25) is 0 Å². The van der Waals surface area contributed by atoms with Gasteiger partial charge in [0.25, 0.3) is 11.8 Å². The Kier molecular flexibility index (Phi) is 5.84. The molecule has 0 saturated carbocycles. The molecule has 0 unspecified atom stereocenters. The molecule has 2 aromatic carbocycles. The monoisotopic (exact) mass is 396 g/mol. The molecule has 2 amide bonds. The fourth-order valence-electron chi connectivity index (χ4n) is 2.77. The van der Waals surface area contributed by atoms with E-state index in [2.05, 4.69) is 22.9 Å². The minimum absolute atomic E-state index is 0.253. The maximum atomic E-state index is 12.6. The van der Waals surface area contributed by atoms with Crippen LogP contribution in [0.1, 0.15) is 11.1 Å². The average Bonchev–Trinajstić information content (AvgIpc) is 3.09.